The Bertz CT molecular complexity index is 990. The summed E-state index contributed by atoms with van der Waals surface area (Å²) >= 11 is 0. The van der Waals surface area contributed by atoms with Gasteiger partial charge in [-0.1, -0.05) is 6.07 Å². The number of hydrogen-bond acceptors (Lipinski definition) is 6. The molecule has 0 fully saturated rings. The first kappa shape index (κ1) is 14.5. The lowest BCUT2D eigenvalue weighted by Crippen LogP contribution is -2.02. The van der Waals surface area contributed by atoms with Gasteiger partial charge >= 0.3 is 0 Å². The summed E-state index contributed by atoms with van der Waals surface area (Å²) in [5, 5.41) is 17.8. The van der Waals surface area contributed by atoms with Crippen LogP contribution in [-0.4, -0.2) is 46.1 Å². The van der Waals surface area contributed by atoms with Crippen LogP contribution < -0.4 is 0 Å². The van der Waals surface area contributed by atoms with E-state index in [4.69, 9.17) is 5.11 Å². The molecule has 0 radical (unpaired) electrons. The number of aliphatic hydroxyl groups is 1. The highest BCUT2D eigenvalue weighted by atomic mass is 16.2. The molecule has 120 valence electrons. The van der Waals surface area contributed by atoms with E-state index in [1.54, 1.807) is 27.8 Å². The standard InChI is InChI=1S/C16H15N7O/c1-11-20-16(23(21-11)14-4-2-3-6-17-14)13-9-19-22-10-12(5-7-24)8-18-15(13)22/h2-4,6,8-10,24H,5,7H2,1H3. The largest absolute Gasteiger partial charge is 0.396 e. The summed E-state index contributed by atoms with van der Waals surface area (Å²) in [5.74, 6) is 1.97. The molecule has 0 unspecified atom stereocenters. The van der Waals surface area contributed by atoms with Crippen molar-refractivity contribution < 1.29 is 5.11 Å². The summed E-state index contributed by atoms with van der Waals surface area (Å²) in [4.78, 5) is 13.3. The summed E-state index contributed by atoms with van der Waals surface area (Å²) in [7, 11) is 0. The zero-order chi connectivity index (χ0) is 16.5. The molecule has 4 aromatic heterocycles. The van der Waals surface area contributed by atoms with Crippen molar-refractivity contribution in [1.82, 2.24) is 34.3 Å². The van der Waals surface area contributed by atoms with Crippen molar-refractivity contribution in [3.05, 3.63) is 54.4 Å². The van der Waals surface area contributed by atoms with Gasteiger partial charge in [0.25, 0.3) is 0 Å². The molecule has 4 rings (SSSR count). The Kier molecular flexibility index (Phi) is 3.51. The first-order valence-corrected chi connectivity index (χ1v) is 7.55. The predicted molar refractivity (Wildman–Crippen MR) is 86.7 cm³/mol. The van der Waals surface area contributed by atoms with E-state index < -0.39 is 0 Å². The van der Waals surface area contributed by atoms with E-state index in [2.05, 4.69) is 25.1 Å². The number of fused-ring (bicyclic) bond motifs is 1. The number of nitrogens with zero attached hydrogens (tertiary/aromatic N) is 7. The van der Waals surface area contributed by atoms with Crippen LogP contribution in [0.4, 0.5) is 0 Å². The summed E-state index contributed by atoms with van der Waals surface area (Å²) in [6, 6.07) is 5.63. The SMILES string of the molecule is Cc1nc(-c2cnn3cc(CCO)cnc23)n(-c2ccccn2)n1. The van der Waals surface area contributed by atoms with Crippen LogP contribution in [0.15, 0.2) is 43.0 Å². The minimum Gasteiger partial charge on any atom is -0.396 e. The average molecular weight is 321 g/mol. The van der Waals surface area contributed by atoms with Gasteiger partial charge in [0.15, 0.2) is 17.3 Å². The van der Waals surface area contributed by atoms with Crippen LogP contribution in [0.2, 0.25) is 0 Å². The molecule has 0 aliphatic heterocycles. The first-order chi connectivity index (χ1) is 11.8. The minimum atomic E-state index is 0.0779. The van der Waals surface area contributed by atoms with E-state index in [-0.39, 0.29) is 6.61 Å². The van der Waals surface area contributed by atoms with Gasteiger partial charge in [0.05, 0.1) is 11.8 Å². The molecule has 4 aromatic rings. The zero-order valence-corrected chi connectivity index (χ0v) is 13.0. The Morgan fingerprint density at radius 3 is 2.88 bits per heavy atom. The van der Waals surface area contributed by atoms with E-state index in [9.17, 15) is 0 Å². The van der Waals surface area contributed by atoms with Crippen molar-refractivity contribution in [3.63, 3.8) is 0 Å². The Morgan fingerprint density at radius 2 is 2.08 bits per heavy atom. The monoisotopic (exact) mass is 321 g/mol. The average Bonchev–Trinajstić information content (AvgIpc) is 3.19. The van der Waals surface area contributed by atoms with Crippen LogP contribution in [-0.2, 0) is 6.42 Å². The Balaban J connectivity index is 1.87. The fourth-order valence-electron chi connectivity index (χ4n) is 2.56. The second kappa shape index (κ2) is 5.82. The van der Waals surface area contributed by atoms with Gasteiger partial charge in [0.1, 0.15) is 5.82 Å². The van der Waals surface area contributed by atoms with Crippen molar-refractivity contribution in [3.8, 4) is 17.2 Å². The molecule has 1 N–H and O–H groups in total. The third-order valence-electron chi connectivity index (χ3n) is 3.63. The summed E-state index contributed by atoms with van der Waals surface area (Å²) in [5.41, 5.74) is 2.38. The van der Waals surface area contributed by atoms with Gasteiger partial charge in [-0.25, -0.2) is 19.5 Å². The van der Waals surface area contributed by atoms with Gasteiger partial charge in [-0.3, -0.25) is 0 Å². The van der Waals surface area contributed by atoms with E-state index in [1.165, 1.54) is 0 Å². The Hall–Kier alpha value is -3.13. The second-order valence-corrected chi connectivity index (χ2v) is 5.34. The number of pyridine rings is 1. The minimum absolute atomic E-state index is 0.0779. The molecule has 0 saturated carbocycles. The molecule has 0 bridgehead atoms. The van der Waals surface area contributed by atoms with Gasteiger partial charge in [-0.05, 0) is 31.0 Å². The van der Waals surface area contributed by atoms with E-state index in [0.29, 0.717) is 29.5 Å². The lowest BCUT2D eigenvalue weighted by molar-refractivity contribution is 0.299. The van der Waals surface area contributed by atoms with Crippen LogP contribution in [0.3, 0.4) is 0 Å². The maximum absolute atomic E-state index is 9.05. The first-order valence-electron chi connectivity index (χ1n) is 7.55. The van der Waals surface area contributed by atoms with Gasteiger partial charge in [-0.2, -0.15) is 9.78 Å². The van der Waals surface area contributed by atoms with Crippen LogP contribution in [0.1, 0.15) is 11.4 Å². The van der Waals surface area contributed by atoms with Gasteiger partial charge in [0.2, 0.25) is 0 Å². The second-order valence-electron chi connectivity index (χ2n) is 5.34. The highest BCUT2D eigenvalue weighted by Crippen LogP contribution is 2.23. The lowest BCUT2D eigenvalue weighted by atomic mass is 10.2. The molecule has 8 nitrogen and oxygen atoms in total. The summed E-state index contributed by atoms with van der Waals surface area (Å²) in [6.45, 7) is 1.91. The molecule has 4 heterocycles. The number of aromatic nitrogens is 7. The Labute approximate surface area is 137 Å². The summed E-state index contributed by atoms with van der Waals surface area (Å²) < 4.78 is 3.38. The van der Waals surface area contributed by atoms with Crippen LogP contribution >= 0.6 is 0 Å². The van der Waals surface area contributed by atoms with Gasteiger partial charge < -0.3 is 5.11 Å². The molecule has 0 atom stereocenters. The molecular formula is C16H15N7O. The number of aliphatic hydroxyl groups excluding tert-OH is 1. The zero-order valence-electron chi connectivity index (χ0n) is 13.0. The molecule has 8 heteroatoms. The highest BCUT2D eigenvalue weighted by Gasteiger charge is 2.17. The van der Waals surface area contributed by atoms with Crippen LogP contribution in [0.25, 0.3) is 22.9 Å². The summed E-state index contributed by atoms with van der Waals surface area (Å²) in [6.07, 6.45) is 7.57. The van der Waals surface area contributed by atoms with Crippen molar-refractivity contribution in [2.45, 2.75) is 13.3 Å². The number of rotatable bonds is 4. The smallest absolute Gasteiger partial charge is 0.170 e. The fourth-order valence-corrected chi connectivity index (χ4v) is 2.56. The Morgan fingerprint density at radius 1 is 1.17 bits per heavy atom. The molecule has 0 aliphatic rings. The van der Waals surface area contributed by atoms with E-state index in [0.717, 1.165) is 11.1 Å². The maximum Gasteiger partial charge on any atom is 0.170 e. The predicted octanol–water partition coefficient (Wildman–Crippen LogP) is 1.22. The lowest BCUT2D eigenvalue weighted by Gasteiger charge is -2.04. The molecule has 0 aromatic carbocycles. The number of aryl methyl sites for hydroxylation is 1. The topological polar surface area (TPSA) is 94.0 Å². The third-order valence-corrected chi connectivity index (χ3v) is 3.63. The molecule has 0 amide bonds. The normalized spacial score (nSPS) is 11.2. The van der Waals surface area contributed by atoms with E-state index in [1.807, 2.05) is 31.3 Å². The molecule has 0 spiro atoms. The van der Waals surface area contributed by atoms with Crippen LogP contribution in [0.5, 0.6) is 0 Å². The van der Waals surface area contributed by atoms with Crippen molar-refractivity contribution in [1.29, 1.82) is 0 Å². The molecular weight excluding hydrogens is 306 g/mol. The number of hydrogen-bond donors (Lipinski definition) is 1. The quantitative estimate of drug-likeness (QED) is 0.607. The van der Waals surface area contributed by atoms with E-state index >= 15 is 0 Å². The maximum atomic E-state index is 9.05. The van der Waals surface area contributed by atoms with Crippen molar-refractivity contribution in [2.75, 3.05) is 6.61 Å². The highest BCUT2D eigenvalue weighted by molar-refractivity contribution is 5.73. The van der Waals surface area contributed by atoms with Crippen molar-refractivity contribution in [2.24, 2.45) is 0 Å². The van der Waals surface area contributed by atoms with Crippen molar-refractivity contribution >= 4 is 5.65 Å². The third kappa shape index (κ3) is 2.42. The molecule has 24 heavy (non-hydrogen) atoms. The van der Waals surface area contributed by atoms with Crippen LogP contribution in [0, 0.1) is 6.92 Å². The van der Waals surface area contributed by atoms with Gasteiger partial charge in [0, 0.05) is 25.2 Å². The van der Waals surface area contributed by atoms with Gasteiger partial charge in [-0.15, -0.1) is 5.10 Å². The molecule has 0 aliphatic carbocycles. The fraction of sp³-hybridized carbons (Fsp3) is 0.188. The molecule has 0 saturated heterocycles.